The number of para-hydroxylation sites is 1. The van der Waals surface area contributed by atoms with Crippen LogP contribution < -0.4 is 15.6 Å². The molecule has 204 valence electrons. The number of aromatic nitrogens is 5. The van der Waals surface area contributed by atoms with Crippen molar-refractivity contribution in [3.05, 3.63) is 82.4 Å². The smallest absolute Gasteiger partial charge is 0.265 e. The molecule has 1 aliphatic rings. The van der Waals surface area contributed by atoms with Gasteiger partial charge < -0.3 is 9.84 Å². The van der Waals surface area contributed by atoms with Gasteiger partial charge in [0.15, 0.2) is 10.8 Å². The van der Waals surface area contributed by atoms with Crippen molar-refractivity contribution in [3.63, 3.8) is 0 Å². The third kappa shape index (κ3) is 4.64. The van der Waals surface area contributed by atoms with Gasteiger partial charge in [0, 0.05) is 23.4 Å². The number of fused-ring (bicyclic) bond motifs is 2. The van der Waals surface area contributed by atoms with Gasteiger partial charge in [-0.15, -0.1) is 0 Å². The highest BCUT2D eigenvalue weighted by Gasteiger charge is 2.30. The zero-order chi connectivity index (χ0) is 28.0. The monoisotopic (exact) mass is 577 g/mol. The Balaban J connectivity index is 1.16. The van der Waals surface area contributed by atoms with E-state index in [0.717, 1.165) is 5.69 Å². The lowest BCUT2D eigenvalue weighted by Gasteiger charge is -2.14. The fraction of sp³-hybridized carbons (Fsp3) is 0.192. The molecule has 4 heterocycles. The van der Waals surface area contributed by atoms with Gasteiger partial charge in [-0.25, -0.2) is 22.8 Å². The van der Waals surface area contributed by atoms with Gasteiger partial charge in [-0.1, -0.05) is 35.1 Å². The SMILES string of the molecule is Cc1noc(NS(=O)(=O)c2ccc(NC(=O)CC3CSc4nc5c(cnn5-c5ccccc5)c(=O)n43)cc2)c1C. The Hall–Kier alpha value is -4.43. The highest BCUT2D eigenvalue weighted by molar-refractivity contribution is 7.99. The summed E-state index contributed by atoms with van der Waals surface area (Å²) in [6.07, 6.45) is 1.55. The van der Waals surface area contributed by atoms with E-state index in [-0.39, 0.29) is 34.7 Å². The lowest BCUT2D eigenvalue weighted by atomic mass is 10.2. The molecule has 0 spiro atoms. The molecule has 1 unspecified atom stereocenters. The summed E-state index contributed by atoms with van der Waals surface area (Å²) < 4.78 is 36.0. The number of carbonyl (C=O) groups is 1. The van der Waals surface area contributed by atoms with Crippen LogP contribution in [-0.4, -0.2) is 44.6 Å². The van der Waals surface area contributed by atoms with Crippen molar-refractivity contribution in [2.24, 2.45) is 0 Å². The molecule has 0 aliphatic carbocycles. The number of sulfonamides is 1. The summed E-state index contributed by atoms with van der Waals surface area (Å²) in [6, 6.07) is 14.8. The molecule has 1 atom stereocenters. The van der Waals surface area contributed by atoms with E-state index in [2.05, 4.69) is 25.3 Å². The quantitative estimate of drug-likeness (QED) is 0.276. The summed E-state index contributed by atoms with van der Waals surface area (Å²) in [5.74, 6) is 0.260. The first kappa shape index (κ1) is 25.8. The van der Waals surface area contributed by atoms with E-state index in [1.54, 1.807) is 23.1 Å². The molecule has 0 radical (unpaired) electrons. The molecule has 3 aromatic heterocycles. The molecular formula is C26H23N7O5S2. The molecule has 1 amide bonds. The number of amides is 1. The zero-order valence-corrected chi connectivity index (χ0v) is 23.0. The number of hydrogen-bond acceptors (Lipinski definition) is 9. The van der Waals surface area contributed by atoms with Crippen LogP contribution in [-0.2, 0) is 14.8 Å². The minimum Gasteiger partial charge on any atom is -0.337 e. The van der Waals surface area contributed by atoms with E-state index in [4.69, 9.17) is 4.52 Å². The predicted molar refractivity (Wildman–Crippen MR) is 149 cm³/mol. The van der Waals surface area contributed by atoms with Gasteiger partial charge in [0.1, 0.15) is 5.39 Å². The third-order valence-electron chi connectivity index (χ3n) is 6.63. The molecule has 40 heavy (non-hydrogen) atoms. The predicted octanol–water partition coefficient (Wildman–Crippen LogP) is 3.66. The summed E-state index contributed by atoms with van der Waals surface area (Å²) in [5.41, 5.74) is 2.63. The molecule has 0 saturated carbocycles. The van der Waals surface area contributed by atoms with Crippen LogP contribution in [0.15, 0.2) is 80.2 Å². The van der Waals surface area contributed by atoms with Crippen molar-refractivity contribution in [2.45, 2.75) is 36.4 Å². The topological polar surface area (TPSA) is 154 Å². The van der Waals surface area contributed by atoms with Gasteiger partial charge in [-0.05, 0) is 50.2 Å². The maximum atomic E-state index is 13.4. The van der Waals surface area contributed by atoms with Crippen LogP contribution in [0.1, 0.15) is 23.7 Å². The van der Waals surface area contributed by atoms with Gasteiger partial charge in [-0.2, -0.15) is 5.10 Å². The molecule has 0 fully saturated rings. The lowest BCUT2D eigenvalue weighted by molar-refractivity contribution is -0.116. The Kier molecular flexibility index (Phi) is 6.43. The average Bonchev–Trinajstić information content (AvgIpc) is 3.64. The van der Waals surface area contributed by atoms with E-state index < -0.39 is 10.0 Å². The minimum atomic E-state index is -3.91. The van der Waals surface area contributed by atoms with Crippen molar-refractivity contribution in [2.75, 3.05) is 15.8 Å². The number of rotatable bonds is 7. The maximum Gasteiger partial charge on any atom is 0.265 e. The number of nitrogens with one attached hydrogen (secondary N) is 2. The maximum absolute atomic E-state index is 13.4. The van der Waals surface area contributed by atoms with Crippen LogP contribution in [0.4, 0.5) is 11.6 Å². The van der Waals surface area contributed by atoms with Gasteiger partial charge >= 0.3 is 0 Å². The number of hydrogen-bond donors (Lipinski definition) is 2. The molecule has 14 heteroatoms. The highest BCUT2D eigenvalue weighted by Crippen LogP contribution is 2.33. The molecule has 0 saturated heterocycles. The first-order valence-electron chi connectivity index (χ1n) is 12.3. The molecule has 5 aromatic rings. The number of nitrogens with zero attached hydrogens (tertiary/aromatic N) is 5. The van der Waals surface area contributed by atoms with E-state index in [1.807, 2.05) is 30.3 Å². The molecule has 2 aromatic carbocycles. The van der Waals surface area contributed by atoms with Crippen molar-refractivity contribution >= 4 is 50.3 Å². The Morgan fingerprint density at radius 1 is 1.12 bits per heavy atom. The van der Waals surface area contributed by atoms with E-state index in [9.17, 15) is 18.0 Å². The normalized spacial score (nSPS) is 14.8. The summed E-state index contributed by atoms with van der Waals surface area (Å²) in [7, 11) is -3.91. The fourth-order valence-corrected chi connectivity index (χ4v) is 6.55. The molecule has 12 nitrogen and oxygen atoms in total. The first-order chi connectivity index (χ1) is 19.2. The highest BCUT2D eigenvalue weighted by atomic mass is 32.2. The molecule has 1 aliphatic heterocycles. The molecular weight excluding hydrogens is 554 g/mol. The van der Waals surface area contributed by atoms with Crippen LogP contribution >= 0.6 is 11.8 Å². The van der Waals surface area contributed by atoms with Crippen LogP contribution in [0.25, 0.3) is 16.7 Å². The van der Waals surface area contributed by atoms with Crippen LogP contribution in [0.2, 0.25) is 0 Å². The Bertz CT molecular complexity index is 1910. The van der Waals surface area contributed by atoms with E-state index in [1.165, 1.54) is 42.2 Å². The number of benzene rings is 2. The number of aryl methyl sites for hydroxylation is 1. The molecule has 6 rings (SSSR count). The van der Waals surface area contributed by atoms with E-state index in [0.29, 0.717) is 38.9 Å². The Labute approximate surface area is 232 Å². The lowest BCUT2D eigenvalue weighted by Crippen LogP contribution is -2.27. The largest absolute Gasteiger partial charge is 0.337 e. The Morgan fingerprint density at radius 2 is 1.88 bits per heavy atom. The second-order valence-corrected chi connectivity index (χ2v) is 11.9. The standard InChI is InChI=1S/C26H23N7O5S2/c1-15-16(2)30-38-24(15)31-40(36,37)20-10-8-17(9-11-20)28-22(34)12-19-14-39-26-29-23-21(25(35)32(19)26)13-27-33(23)18-6-4-3-5-7-18/h3-11,13,19,31H,12,14H2,1-2H3,(H,28,34). The van der Waals surface area contributed by atoms with Crippen LogP contribution in [0, 0.1) is 13.8 Å². The van der Waals surface area contributed by atoms with Gasteiger partial charge in [0.05, 0.1) is 28.5 Å². The summed E-state index contributed by atoms with van der Waals surface area (Å²) in [4.78, 5) is 30.9. The van der Waals surface area contributed by atoms with Gasteiger partial charge in [0.2, 0.25) is 11.8 Å². The molecule has 0 bridgehead atoms. The van der Waals surface area contributed by atoms with Crippen LogP contribution in [0.3, 0.4) is 0 Å². The van der Waals surface area contributed by atoms with Gasteiger partial charge in [0.25, 0.3) is 15.6 Å². The molecule has 2 N–H and O–H groups in total. The fourth-order valence-electron chi connectivity index (χ4n) is 4.37. The van der Waals surface area contributed by atoms with Crippen molar-refractivity contribution < 1.29 is 17.7 Å². The number of anilines is 2. The second kappa shape index (κ2) is 9.95. The van der Waals surface area contributed by atoms with Crippen molar-refractivity contribution in [1.82, 2.24) is 24.5 Å². The second-order valence-electron chi connectivity index (χ2n) is 9.27. The van der Waals surface area contributed by atoms with Crippen LogP contribution in [0.5, 0.6) is 0 Å². The van der Waals surface area contributed by atoms with E-state index >= 15 is 0 Å². The van der Waals surface area contributed by atoms with Gasteiger partial charge in [-0.3, -0.25) is 14.2 Å². The summed E-state index contributed by atoms with van der Waals surface area (Å²) >= 11 is 1.41. The number of thioether (sulfide) groups is 1. The Morgan fingerprint density at radius 3 is 2.58 bits per heavy atom. The summed E-state index contributed by atoms with van der Waals surface area (Å²) in [5, 5.41) is 11.8. The minimum absolute atomic E-state index is 0.00207. The van der Waals surface area contributed by atoms with Crippen molar-refractivity contribution in [1.29, 1.82) is 0 Å². The number of carbonyl (C=O) groups excluding carboxylic acids is 1. The average molecular weight is 578 g/mol. The van der Waals surface area contributed by atoms with Crippen molar-refractivity contribution in [3.8, 4) is 5.69 Å². The third-order valence-corrected chi connectivity index (χ3v) is 9.07. The summed E-state index contributed by atoms with van der Waals surface area (Å²) in [6.45, 7) is 3.41. The first-order valence-corrected chi connectivity index (χ1v) is 14.7. The zero-order valence-electron chi connectivity index (χ0n) is 21.4.